The summed E-state index contributed by atoms with van der Waals surface area (Å²) in [5.41, 5.74) is 2.26. The third kappa shape index (κ3) is 4.55. The Morgan fingerprint density at radius 1 is 1.14 bits per heavy atom. The van der Waals surface area contributed by atoms with Gasteiger partial charge in [-0.25, -0.2) is 13.4 Å². The van der Waals surface area contributed by atoms with Gasteiger partial charge in [-0.2, -0.15) is 0 Å². The van der Waals surface area contributed by atoms with E-state index in [1.807, 2.05) is 24.3 Å². The van der Waals surface area contributed by atoms with Crippen LogP contribution in [0.3, 0.4) is 0 Å². The fourth-order valence-corrected chi connectivity index (χ4v) is 4.89. The van der Waals surface area contributed by atoms with Crippen LogP contribution in [0.1, 0.15) is 19.4 Å². The first-order valence-corrected chi connectivity index (χ1v) is 10.9. The summed E-state index contributed by atoms with van der Waals surface area (Å²) in [5, 5.41) is 13.0. The molecule has 1 N–H and O–H groups in total. The smallest absolute Gasteiger partial charge is 0.258 e. The minimum atomic E-state index is -4.12. The number of sulfonamides is 1. The Balaban J connectivity index is 1.82. The van der Waals surface area contributed by atoms with Crippen LogP contribution in [0.15, 0.2) is 58.8 Å². The largest absolute Gasteiger partial charge is 0.289 e. The number of benzene rings is 2. The average molecular weight is 418 g/mol. The minimum Gasteiger partial charge on any atom is -0.258 e. The molecule has 0 saturated heterocycles. The Morgan fingerprint density at radius 3 is 2.46 bits per heavy atom. The second kappa shape index (κ2) is 8.07. The van der Waals surface area contributed by atoms with Crippen LogP contribution in [0.5, 0.6) is 0 Å². The summed E-state index contributed by atoms with van der Waals surface area (Å²) < 4.78 is 27.5. The summed E-state index contributed by atoms with van der Waals surface area (Å²) in [6.07, 6.45) is 0.984. The Hall–Kier alpha value is -2.78. The van der Waals surface area contributed by atoms with Gasteiger partial charge in [0.2, 0.25) is 0 Å². The standard InChI is InChI=1S/C19H19N3O4S2/c1-13(2)11-14-7-9-15(10-8-14)16-12-27-19(20-16)21-28(25,26)18-6-4-3-5-17(18)22(23)24/h3-10,12-13H,11H2,1-2H3,(H,20,21). The van der Waals surface area contributed by atoms with E-state index in [0.29, 0.717) is 11.6 Å². The molecule has 9 heteroatoms. The van der Waals surface area contributed by atoms with Crippen LogP contribution in [0.2, 0.25) is 0 Å². The summed E-state index contributed by atoms with van der Waals surface area (Å²) in [5.74, 6) is 0.563. The molecule has 0 atom stereocenters. The lowest BCUT2D eigenvalue weighted by Crippen LogP contribution is -2.14. The van der Waals surface area contributed by atoms with E-state index in [2.05, 4.69) is 23.6 Å². The van der Waals surface area contributed by atoms with E-state index >= 15 is 0 Å². The van der Waals surface area contributed by atoms with Gasteiger partial charge in [0.1, 0.15) is 0 Å². The number of hydrogen-bond donors (Lipinski definition) is 1. The van der Waals surface area contributed by atoms with Gasteiger partial charge in [0, 0.05) is 17.0 Å². The van der Waals surface area contributed by atoms with Crippen LogP contribution >= 0.6 is 11.3 Å². The molecule has 3 aromatic rings. The molecule has 1 heterocycles. The van der Waals surface area contributed by atoms with Crippen molar-refractivity contribution in [2.45, 2.75) is 25.2 Å². The van der Waals surface area contributed by atoms with Crippen molar-refractivity contribution in [3.8, 4) is 11.3 Å². The van der Waals surface area contributed by atoms with Crippen LogP contribution in [-0.4, -0.2) is 18.3 Å². The molecule has 3 rings (SSSR count). The summed E-state index contributed by atoms with van der Waals surface area (Å²) in [7, 11) is -4.12. The van der Waals surface area contributed by atoms with Crippen LogP contribution in [0.25, 0.3) is 11.3 Å². The molecule has 7 nitrogen and oxygen atoms in total. The fraction of sp³-hybridized carbons (Fsp3) is 0.211. The molecular weight excluding hydrogens is 398 g/mol. The van der Waals surface area contributed by atoms with Gasteiger partial charge in [0.15, 0.2) is 10.0 Å². The van der Waals surface area contributed by atoms with Gasteiger partial charge in [-0.1, -0.05) is 50.2 Å². The van der Waals surface area contributed by atoms with Crippen LogP contribution in [0, 0.1) is 16.0 Å². The number of nitro groups is 1. The third-order valence-corrected chi connectivity index (χ3v) is 6.24. The number of nitrogens with zero attached hydrogens (tertiary/aromatic N) is 2. The summed E-state index contributed by atoms with van der Waals surface area (Å²) >= 11 is 1.12. The maximum absolute atomic E-state index is 12.6. The van der Waals surface area contributed by atoms with Gasteiger partial charge >= 0.3 is 0 Å². The highest BCUT2D eigenvalue weighted by molar-refractivity contribution is 7.93. The maximum Gasteiger partial charge on any atom is 0.289 e. The average Bonchev–Trinajstić information content (AvgIpc) is 3.09. The van der Waals surface area contributed by atoms with Crippen molar-refractivity contribution in [3.05, 3.63) is 69.6 Å². The van der Waals surface area contributed by atoms with Gasteiger partial charge in [-0.15, -0.1) is 11.3 Å². The molecule has 0 radical (unpaired) electrons. The lowest BCUT2D eigenvalue weighted by atomic mass is 10.0. The number of thiazole rings is 1. The summed E-state index contributed by atoms with van der Waals surface area (Å²) in [4.78, 5) is 14.3. The number of para-hydroxylation sites is 1. The molecule has 146 valence electrons. The molecule has 0 aliphatic carbocycles. The van der Waals surface area contributed by atoms with Crippen molar-refractivity contribution in [2.24, 2.45) is 5.92 Å². The SMILES string of the molecule is CC(C)Cc1ccc(-c2csc(NS(=O)(=O)c3ccccc3[N+](=O)[O-])n2)cc1. The second-order valence-corrected chi connectivity index (χ2v) is 9.17. The van der Waals surface area contributed by atoms with E-state index in [4.69, 9.17) is 0 Å². The molecule has 0 aliphatic rings. The predicted molar refractivity (Wildman–Crippen MR) is 110 cm³/mol. The van der Waals surface area contributed by atoms with Gasteiger partial charge in [-0.3, -0.25) is 14.8 Å². The van der Waals surface area contributed by atoms with Crippen LogP contribution in [0.4, 0.5) is 10.8 Å². The first-order valence-electron chi connectivity index (χ1n) is 8.57. The van der Waals surface area contributed by atoms with E-state index in [1.54, 1.807) is 5.38 Å². The molecule has 0 unspecified atom stereocenters. The highest BCUT2D eigenvalue weighted by atomic mass is 32.2. The Morgan fingerprint density at radius 2 is 1.82 bits per heavy atom. The monoisotopic (exact) mass is 417 g/mol. The molecule has 2 aromatic carbocycles. The molecule has 0 saturated carbocycles. The lowest BCUT2D eigenvalue weighted by Gasteiger charge is -2.06. The first-order chi connectivity index (χ1) is 13.3. The van der Waals surface area contributed by atoms with Crippen molar-refractivity contribution >= 4 is 32.2 Å². The predicted octanol–water partition coefficient (Wildman–Crippen LogP) is 4.72. The van der Waals surface area contributed by atoms with Crippen molar-refractivity contribution in [2.75, 3.05) is 4.72 Å². The molecule has 28 heavy (non-hydrogen) atoms. The second-order valence-electron chi connectivity index (χ2n) is 6.66. The van der Waals surface area contributed by atoms with E-state index in [0.717, 1.165) is 29.4 Å². The van der Waals surface area contributed by atoms with E-state index in [1.165, 1.54) is 23.8 Å². The van der Waals surface area contributed by atoms with Gasteiger partial charge < -0.3 is 0 Å². The maximum atomic E-state index is 12.6. The van der Waals surface area contributed by atoms with Crippen molar-refractivity contribution in [3.63, 3.8) is 0 Å². The zero-order valence-corrected chi connectivity index (χ0v) is 17.0. The van der Waals surface area contributed by atoms with Gasteiger partial charge in [0.05, 0.1) is 10.6 Å². The van der Waals surface area contributed by atoms with Crippen molar-refractivity contribution in [1.29, 1.82) is 0 Å². The highest BCUT2D eigenvalue weighted by Crippen LogP contribution is 2.29. The Labute approximate surface area is 167 Å². The van der Waals surface area contributed by atoms with E-state index < -0.39 is 25.5 Å². The summed E-state index contributed by atoms with van der Waals surface area (Å²) in [6, 6.07) is 13.2. The fourth-order valence-electron chi connectivity index (χ4n) is 2.74. The highest BCUT2D eigenvalue weighted by Gasteiger charge is 2.26. The number of nitrogens with one attached hydrogen (secondary N) is 1. The van der Waals surface area contributed by atoms with E-state index in [9.17, 15) is 18.5 Å². The normalized spacial score (nSPS) is 11.5. The molecule has 0 spiro atoms. The molecule has 1 aromatic heterocycles. The Bertz CT molecular complexity index is 1090. The Kier molecular flexibility index (Phi) is 5.76. The minimum absolute atomic E-state index is 0.152. The third-order valence-electron chi connectivity index (χ3n) is 3.97. The molecule has 0 amide bonds. The number of aromatic nitrogens is 1. The lowest BCUT2D eigenvalue weighted by molar-refractivity contribution is -0.387. The summed E-state index contributed by atoms with van der Waals surface area (Å²) in [6.45, 7) is 4.31. The molecular formula is C19H19N3O4S2. The van der Waals surface area contributed by atoms with E-state index in [-0.39, 0.29) is 5.13 Å². The zero-order chi connectivity index (χ0) is 20.3. The zero-order valence-electron chi connectivity index (χ0n) is 15.3. The first kappa shape index (κ1) is 20.0. The van der Waals surface area contributed by atoms with Gasteiger partial charge in [-0.05, 0) is 24.0 Å². The number of anilines is 1. The van der Waals surface area contributed by atoms with Crippen LogP contribution < -0.4 is 4.72 Å². The number of nitro benzene ring substituents is 1. The number of rotatable bonds is 7. The number of hydrogen-bond acceptors (Lipinski definition) is 6. The molecule has 0 fully saturated rings. The van der Waals surface area contributed by atoms with Gasteiger partial charge in [0.25, 0.3) is 15.7 Å². The van der Waals surface area contributed by atoms with Crippen molar-refractivity contribution in [1.82, 2.24) is 4.98 Å². The topological polar surface area (TPSA) is 102 Å². The molecule has 0 aliphatic heterocycles. The quantitative estimate of drug-likeness (QED) is 0.443. The van der Waals surface area contributed by atoms with Crippen molar-refractivity contribution < 1.29 is 13.3 Å². The van der Waals surface area contributed by atoms with Crippen LogP contribution in [-0.2, 0) is 16.4 Å². The molecule has 0 bridgehead atoms.